The van der Waals surface area contributed by atoms with Gasteiger partial charge in [-0.3, -0.25) is 24.2 Å². The second-order valence-electron chi connectivity index (χ2n) is 10.8. The number of benzene rings is 1. The summed E-state index contributed by atoms with van der Waals surface area (Å²) < 4.78 is 15.8. The minimum Gasteiger partial charge on any atom is -0.508 e. The van der Waals surface area contributed by atoms with Gasteiger partial charge in [-0.05, 0) is 52.7 Å². The van der Waals surface area contributed by atoms with Gasteiger partial charge in [0.25, 0.3) is 0 Å². The van der Waals surface area contributed by atoms with E-state index in [1.54, 1.807) is 14.1 Å². The fourth-order valence-corrected chi connectivity index (χ4v) is 6.85. The Morgan fingerprint density at radius 2 is 1.78 bits per heavy atom. The Balaban J connectivity index is 1.71. The van der Waals surface area contributed by atoms with E-state index < -0.39 is 63.7 Å². The van der Waals surface area contributed by atoms with Crippen LogP contribution in [-0.2, 0) is 33.9 Å². The van der Waals surface area contributed by atoms with Gasteiger partial charge in [-0.2, -0.15) is 0 Å². The quantitative estimate of drug-likeness (QED) is 0.444. The SMILES string of the molecule is CCCN1Cc2c(O)c3c(c(F)c2C1)C[C@H]1C[C@H]2[C@H](N(C)C)C(=O)C(C(C)=O)=C(O)[C@@]2(O)C(=O)C1=C3O. The fourth-order valence-electron chi connectivity index (χ4n) is 6.85. The summed E-state index contributed by atoms with van der Waals surface area (Å²) in [5, 5.41) is 45.0. The van der Waals surface area contributed by atoms with Gasteiger partial charge in [0.1, 0.15) is 28.7 Å². The number of fused-ring (bicyclic) bond motifs is 4. The van der Waals surface area contributed by atoms with Crippen molar-refractivity contribution < 1.29 is 39.2 Å². The average molecular weight is 515 g/mol. The van der Waals surface area contributed by atoms with E-state index in [2.05, 4.69) is 0 Å². The first kappa shape index (κ1) is 25.6. The number of nitrogens with zero attached hydrogens (tertiary/aromatic N) is 2. The summed E-state index contributed by atoms with van der Waals surface area (Å²) in [6.45, 7) is 4.37. The molecule has 3 aliphatic carbocycles. The lowest BCUT2D eigenvalue weighted by Gasteiger charge is -2.50. The Morgan fingerprint density at radius 3 is 2.38 bits per heavy atom. The van der Waals surface area contributed by atoms with Crippen LogP contribution in [0, 0.1) is 17.7 Å². The Bertz CT molecular complexity index is 1330. The molecule has 1 heterocycles. The summed E-state index contributed by atoms with van der Waals surface area (Å²) in [5.74, 6) is -6.98. The van der Waals surface area contributed by atoms with Gasteiger partial charge < -0.3 is 20.4 Å². The van der Waals surface area contributed by atoms with Crippen molar-refractivity contribution >= 4 is 23.1 Å². The van der Waals surface area contributed by atoms with Gasteiger partial charge in [-0.15, -0.1) is 0 Å². The first-order valence-electron chi connectivity index (χ1n) is 12.5. The summed E-state index contributed by atoms with van der Waals surface area (Å²) in [7, 11) is 3.13. The molecule has 0 saturated heterocycles. The molecule has 4 aliphatic rings. The zero-order valence-electron chi connectivity index (χ0n) is 21.3. The Kier molecular flexibility index (Phi) is 5.85. The van der Waals surface area contributed by atoms with Gasteiger partial charge in [-0.1, -0.05) is 6.92 Å². The van der Waals surface area contributed by atoms with Crippen LogP contribution in [0.1, 0.15) is 48.9 Å². The van der Waals surface area contributed by atoms with Crippen molar-refractivity contribution in [2.75, 3.05) is 20.6 Å². The zero-order valence-corrected chi connectivity index (χ0v) is 21.3. The van der Waals surface area contributed by atoms with Crippen LogP contribution in [-0.4, -0.2) is 79.9 Å². The molecule has 1 aliphatic heterocycles. The molecule has 0 bridgehead atoms. The number of carbonyl (C=O) groups is 3. The lowest BCUT2D eigenvalue weighted by Crippen LogP contribution is -2.65. The van der Waals surface area contributed by atoms with E-state index >= 15 is 4.39 Å². The van der Waals surface area contributed by atoms with Crippen molar-refractivity contribution in [2.24, 2.45) is 11.8 Å². The molecule has 4 atom stereocenters. The van der Waals surface area contributed by atoms with Crippen molar-refractivity contribution in [1.82, 2.24) is 9.80 Å². The van der Waals surface area contributed by atoms with E-state index in [1.165, 1.54) is 4.90 Å². The lowest BCUT2D eigenvalue weighted by atomic mass is 9.57. The third kappa shape index (κ3) is 3.28. The van der Waals surface area contributed by atoms with Crippen molar-refractivity contribution in [3.63, 3.8) is 0 Å². The minimum atomic E-state index is -2.63. The van der Waals surface area contributed by atoms with E-state index in [9.17, 15) is 34.8 Å². The van der Waals surface area contributed by atoms with E-state index in [0.29, 0.717) is 30.8 Å². The van der Waals surface area contributed by atoms with Crippen molar-refractivity contribution in [2.45, 2.75) is 57.8 Å². The fraction of sp³-hybridized carbons (Fsp3) is 0.519. The van der Waals surface area contributed by atoms with Crippen LogP contribution in [0.3, 0.4) is 0 Å². The standard InChI is InChI=1S/C27H31FN2O7/c1-5-6-30-9-14-15(10-30)22(32)19-13(20(14)28)7-12-8-16-21(29(3)4)24(34)17(11(2)31)25(35)27(16,37)26(36)18(12)23(19)33/h12,16,21,32-33,35,37H,5-10H2,1-4H3/t12-,16-,21-,27+/m0/s1. The molecule has 198 valence electrons. The van der Waals surface area contributed by atoms with Gasteiger partial charge in [0.05, 0.1) is 11.6 Å². The number of hydrogen-bond donors (Lipinski definition) is 4. The number of Topliss-reactive ketones (excluding diaryl/α,β-unsaturated/α-hetero) is 3. The molecular formula is C27H31FN2O7. The Labute approximate surface area is 213 Å². The summed E-state index contributed by atoms with van der Waals surface area (Å²) >= 11 is 0. The number of aromatic hydroxyl groups is 1. The highest BCUT2D eigenvalue weighted by Gasteiger charge is 2.64. The smallest absolute Gasteiger partial charge is 0.202 e. The molecule has 4 N–H and O–H groups in total. The average Bonchev–Trinajstić information content (AvgIpc) is 3.24. The molecule has 0 spiro atoms. The first-order chi connectivity index (χ1) is 17.4. The molecule has 9 nitrogen and oxygen atoms in total. The number of aliphatic hydroxyl groups is 3. The molecule has 1 aromatic carbocycles. The topological polar surface area (TPSA) is 139 Å². The number of phenols is 1. The molecule has 5 rings (SSSR count). The second kappa shape index (κ2) is 8.47. The largest absolute Gasteiger partial charge is 0.508 e. The van der Waals surface area contributed by atoms with Gasteiger partial charge in [0.2, 0.25) is 5.78 Å². The normalized spacial score (nSPS) is 29.4. The molecule has 0 amide bonds. The van der Waals surface area contributed by atoms with Gasteiger partial charge >= 0.3 is 0 Å². The monoisotopic (exact) mass is 514 g/mol. The van der Waals surface area contributed by atoms with Crippen LogP contribution in [0.5, 0.6) is 5.75 Å². The highest BCUT2D eigenvalue weighted by molar-refractivity contribution is 6.25. The summed E-state index contributed by atoms with van der Waals surface area (Å²) in [6, 6.07) is -1.10. The van der Waals surface area contributed by atoms with Crippen LogP contribution >= 0.6 is 0 Å². The van der Waals surface area contributed by atoms with Crippen molar-refractivity contribution in [3.05, 3.63) is 45.0 Å². The molecular weight excluding hydrogens is 483 g/mol. The number of hydrogen-bond acceptors (Lipinski definition) is 9. The molecule has 0 aromatic heterocycles. The number of aliphatic hydroxyl groups excluding tert-OH is 2. The van der Waals surface area contributed by atoms with E-state index in [1.807, 2.05) is 11.8 Å². The molecule has 37 heavy (non-hydrogen) atoms. The first-order valence-corrected chi connectivity index (χ1v) is 12.5. The maximum absolute atomic E-state index is 15.8. The number of carbonyl (C=O) groups excluding carboxylic acids is 3. The minimum absolute atomic E-state index is 0.0358. The molecule has 1 fully saturated rings. The number of halogens is 1. The summed E-state index contributed by atoms with van der Waals surface area (Å²) in [4.78, 5) is 42.8. The number of ketones is 3. The lowest BCUT2D eigenvalue weighted by molar-refractivity contribution is -0.153. The van der Waals surface area contributed by atoms with Gasteiger partial charge in [-0.25, -0.2) is 4.39 Å². The number of likely N-dealkylation sites (N-methyl/N-ethyl adjacent to an activating group) is 1. The maximum Gasteiger partial charge on any atom is 0.202 e. The zero-order chi connectivity index (χ0) is 27.1. The summed E-state index contributed by atoms with van der Waals surface area (Å²) in [6.07, 6.45) is 0.767. The third-order valence-corrected chi connectivity index (χ3v) is 8.44. The number of phenolic OH excluding ortho intramolecular Hbond substituents is 1. The van der Waals surface area contributed by atoms with Gasteiger partial charge in [0.15, 0.2) is 17.2 Å². The predicted octanol–water partition coefficient (Wildman–Crippen LogP) is 1.93. The molecule has 1 saturated carbocycles. The molecule has 0 radical (unpaired) electrons. The van der Waals surface area contributed by atoms with Crippen molar-refractivity contribution in [1.29, 1.82) is 0 Å². The van der Waals surface area contributed by atoms with E-state index in [0.717, 1.165) is 13.3 Å². The van der Waals surface area contributed by atoms with Crippen LogP contribution in [0.15, 0.2) is 16.9 Å². The van der Waals surface area contributed by atoms with Crippen LogP contribution in [0.4, 0.5) is 4.39 Å². The van der Waals surface area contributed by atoms with Crippen LogP contribution in [0.25, 0.3) is 5.76 Å². The van der Waals surface area contributed by atoms with E-state index in [-0.39, 0.29) is 35.3 Å². The predicted molar refractivity (Wildman–Crippen MR) is 130 cm³/mol. The second-order valence-corrected chi connectivity index (χ2v) is 10.8. The highest BCUT2D eigenvalue weighted by atomic mass is 19.1. The van der Waals surface area contributed by atoms with Gasteiger partial charge in [0, 0.05) is 41.3 Å². The Morgan fingerprint density at radius 1 is 1.14 bits per heavy atom. The van der Waals surface area contributed by atoms with E-state index in [4.69, 9.17) is 0 Å². The molecule has 1 aromatic rings. The summed E-state index contributed by atoms with van der Waals surface area (Å²) in [5.41, 5.74) is -2.90. The molecule has 0 unspecified atom stereocenters. The Hall–Kier alpha value is -3.08. The van der Waals surface area contributed by atoms with Crippen LogP contribution in [0.2, 0.25) is 0 Å². The highest BCUT2D eigenvalue weighted by Crippen LogP contribution is 2.54. The number of rotatable bonds is 4. The van der Waals surface area contributed by atoms with Crippen LogP contribution < -0.4 is 0 Å². The maximum atomic E-state index is 15.8. The third-order valence-electron chi connectivity index (χ3n) is 8.44. The molecule has 10 heteroatoms. The van der Waals surface area contributed by atoms with Crippen molar-refractivity contribution in [3.8, 4) is 5.75 Å².